The van der Waals surface area contributed by atoms with Crippen molar-refractivity contribution in [3.63, 3.8) is 0 Å². The molecule has 2 aromatic rings. The standard InChI is InChI=1S/C20H16Cl2N4O4/c21-12-4-2-11(3-5-12)17-16-18(24-9-1-8-23(17)24)20(28)25(19(16)27)13-6-7-14(22)15(10-13)26(29)30/h2-7,10,16-18H,1,8-9H2/t16-,17+,18+/m0/s1. The van der Waals surface area contributed by atoms with Crippen LogP contribution in [0.3, 0.4) is 0 Å². The number of anilines is 1. The van der Waals surface area contributed by atoms with E-state index >= 15 is 0 Å². The molecule has 2 aromatic carbocycles. The Labute approximate surface area is 181 Å². The lowest BCUT2D eigenvalue weighted by atomic mass is 9.90. The van der Waals surface area contributed by atoms with Crippen molar-refractivity contribution in [1.29, 1.82) is 0 Å². The quantitative estimate of drug-likeness (QED) is 0.407. The van der Waals surface area contributed by atoms with Crippen molar-refractivity contribution < 1.29 is 14.5 Å². The van der Waals surface area contributed by atoms with Crippen molar-refractivity contribution >= 4 is 46.4 Å². The number of hydrogen-bond acceptors (Lipinski definition) is 6. The number of imide groups is 1. The molecule has 8 nitrogen and oxygen atoms in total. The zero-order valence-corrected chi connectivity index (χ0v) is 17.1. The third-order valence-electron chi connectivity index (χ3n) is 6.00. The third-order valence-corrected chi connectivity index (χ3v) is 6.57. The van der Waals surface area contributed by atoms with Crippen LogP contribution in [0.1, 0.15) is 18.0 Å². The van der Waals surface area contributed by atoms with Gasteiger partial charge >= 0.3 is 0 Å². The molecule has 0 radical (unpaired) electrons. The number of fused-ring (bicyclic) bond motifs is 3. The van der Waals surface area contributed by atoms with Gasteiger partial charge in [0.25, 0.3) is 11.6 Å². The second kappa shape index (κ2) is 7.02. The predicted octanol–water partition coefficient (Wildman–Crippen LogP) is 3.44. The number of halogens is 2. The van der Waals surface area contributed by atoms with Crippen molar-refractivity contribution in [2.45, 2.75) is 18.5 Å². The van der Waals surface area contributed by atoms with E-state index in [9.17, 15) is 19.7 Å². The number of nitrogens with zero attached hydrogens (tertiary/aromatic N) is 4. The fourth-order valence-electron chi connectivity index (χ4n) is 4.81. The Kier molecular flexibility index (Phi) is 4.55. The summed E-state index contributed by atoms with van der Waals surface area (Å²) in [6.45, 7) is 1.44. The van der Waals surface area contributed by atoms with Crippen LogP contribution in [0, 0.1) is 16.0 Å². The normalized spacial score (nSPS) is 26.3. The van der Waals surface area contributed by atoms with E-state index in [-0.39, 0.29) is 34.3 Å². The molecule has 2 amide bonds. The molecule has 3 atom stereocenters. The van der Waals surface area contributed by atoms with Gasteiger partial charge in [-0.2, -0.15) is 0 Å². The highest BCUT2D eigenvalue weighted by Crippen LogP contribution is 2.49. The molecule has 3 heterocycles. The Hall–Kier alpha value is -2.52. The molecule has 0 aliphatic carbocycles. The number of amides is 2. The Balaban J connectivity index is 1.58. The average molecular weight is 447 g/mol. The molecular weight excluding hydrogens is 431 g/mol. The number of benzene rings is 2. The lowest BCUT2D eigenvalue weighted by Gasteiger charge is -2.29. The number of hydrogen-bond donors (Lipinski definition) is 0. The minimum atomic E-state index is -0.629. The predicted molar refractivity (Wildman–Crippen MR) is 110 cm³/mol. The first-order valence-corrected chi connectivity index (χ1v) is 10.2. The van der Waals surface area contributed by atoms with Gasteiger partial charge in [0.2, 0.25) is 5.91 Å². The fourth-order valence-corrected chi connectivity index (χ4v) is 5.12. The largest absolute Gasteiger partial charge is 0.289 e. The smallest absolute Gasteiger partial charge is 0.274 e. The summed E-state index contributed by atoms with van der Waals surface area (Å²) in [7, 11) is 0. The highest BCUT2D eigenvalue weighted by atomic mass is 35.5. The third kappa shape index (κ3) is 2.75. The van der Waals surface area contributed by atoms with Crippen molar-refractivity contribution in [2.75, 3.05) is 18.0 Å². The summed E-state index contributed by atoms with van der Waals surface area (Å²) in [4.78, 5) is 38.5. The van der Waals surface area contributed by atoms with E-state index in [0.29, 0.717) is 11.6 Å². The maximum absolute atomic E-state index is 13.5. The van der Waals surface area contributed by atoms with Gasteiger partial charge in [0.15, 0.2) is 0 Å². The molecule has 154 valence electrons. The van der Waals surface area contributed by atoms with Crippen molar-refractivity contribution in [3.8, 4) is 0 Å². The van der Waals surface area contributed by atoms with Gasteiger partial charge in [-0.05, 0) is 36.2 Å². The first-order chi connectivity index (χ1) is 14.4. The Morgan fingerprint density at radius 1 is 0.933 bits per heavy atom. The highest BCUT2D eigenvalue weighted by Gasteiger charge is 2.62. The van der Waals surface area contributed by atoms with Crippen molar-refractivity contribution in [3.05, 3.63) is 68.2 Å². The Bertz CT molecular complexity index is 1080. The Morgan fingerprint density at radius 3 is 2.27 bits per heavy atom. The molecule has 5 rings (SSSR count). The monoisotopic (exact) mass is 446 g/mol. The number of rotatable bonds is 3. The van der Waals surface area contributed by atoms with Crippen LogP contribution in [0.4, 0.5) is 11.4 Å². The van der Waals surface area contributed by atoms with Crippen LogP contribution in [0.25, 0.3) is 0 Å². The number of carbonyl (C=O) groups excluding carboxylic acids is 2. The SMILES string of the molecule is O=C1[C@H]2[C@@H](c3ccc(Cl)cc3)N3CCCN3[C@H]2C(=O)N1c1ccc(Cl)c([N+](=O)[O-])c1. The van der Waals surface area contributed by atoms with Gasteiger partial charge in [0.1, 0.15) is 11.1 Å². The summed E-state index contributed by atoms with van der Waals surface area (Å²) in [5.41, 5.74) is 0.726. The summed E-state index contributed by atoms with van der Waals surface area (Å²) in [5, 5.41) is 15.9. The molecule has 3 aliphatic rings. The Morgan fingerprint density at radius 2 is 1.60 bits per heavy atom. The fraction of sp³-hybridized carbons (Fsp3) is 0.300. The van der Waals surface area contributed by atoms with Crippen LogP contribution < -0.4 is 4.90 Å². The first kappa shape index (κ1) is 19.4. The minimum absolute atomic E-state index is 0.0483. The second-order valence-electron chi connectivity index (χ2n) is 7.55. The lowest BCUT2D eigenvalue weighted by molar-refractivity contribution is -0.384. The topological polar surface area (TPSA) is 87.0 Å². The molecule has 0 saturated carbocycles. The van der Waals surface area contributed by atoms with E-state index in [4.69, 9.17) is 23.2 Å². The summed E-state index contributed by atoms with van der Waals surface area (Å²) in [5.74, 6) is -1.34. The van der Waals surface area contributed by atoms with Gasteiger partial charge in [-0.1, -0.05) is 35.3 Å². The van der Waals surface area contributed by atoms with Gasteiger partial charge in [0, 0.05) is 24.2 Å². The van der Waals surface area contributed by atoms with E-state index in [1.807, 2.05) is 17.1 Å². The number of hydrazine groups is 1. The summed E-state index contributed by atoms with van der Waals surface area (Å²) in [6.07, 6.45) is 0.890. The number of nitro groups is 1. The summed E-state index contributed by atoms with van der Waals surface area (Å²) in [6, 6.07) is 10.3. The van der Waals surface area contributed by atoms with Crippen LogP contribution in [-0.4, -0.2) is 45.9 Å². The molecule has 30 heavy (non-hydrogen) atoms. The molecular formula is C20H16Cl2N4O4. The van der Waals surface area contributed by atoms with Gasteiger partial charge in [0.05, 0.1) is 22.6 Å². The molecule has 0 spiro atoms. The molecule has 3 aliphatic heterocycles. The molecule has 3 fully saturated rings. The van der Waals surface area contributed by atoms with E-state index in [1.165, 1.54) is 18.2 Å². The zero-order chi connectivity index (χ0) is 21.2. The molecule has 10 heteroatoms. The van der Waals surface area contributed by atoms with Crippen LogP contribution in [0.5, 0.6) is 0 Å². The van der Waals surface area contributed by atoms with Crippen LogP contribution in [0.2, 0.25) is 10.0 Å². The molecule has 3 saturated heterocycles. The maximum atomic E-state index is 13.5. The molecule has 0 bridgehead atoms. The molecule has 0 aromatic heterocycles. The summed E-state index contributed by atoms with van der Waals surface area (Å²) < 4.78 is 0. The van der Waals surface area contributed by atoms with E-state index in [1.54, 1.807) is 12.1 Å². The minimum Gasteiger partial charge on any atom is -0.274 e. The van der Waals surface area contributed by atoms with Crippen LogP contribution in [-0.2, 0) is 9.59 Å². The second-order valence-corrected chi connectivity index (χ2v) is 8.40. The highest BCUT2D eigenvalue weighted by molar-refractivity contribution is 6.33. The van der Waals surface area contributed by atoms with Crippen LogP contribution in [0.15, 0.2) is 42.5 Å². The maximum Gasteiger partial charge on any atom is 0.289 e. The van der Waals surface area contributed by atoms with Gasteiger partial charge < -0.3 is 0 Å². The average Bonchev–Trinajstić information content (AvgIpc) is 3.36. The first-order valence-electron chi connectivity index (χ1n) is 9.49. The lowest BCUT2D eigenvalue weighted by Crippen LogP contribution is -2.44. The van der Waals surface area contributed by atoms with Gasteiger partial charge in [-0.25, -0.2) is 14.9 Å². The van der Waals surface area contributed by atoms with E-state index in [2.05, 4.69) is 5.01 Å². The number of nitro benzene ring substituents is 1. The van der Waals surface area contributed by atoms with E-state index < -0.39 is 16.9 Å². The molecule has 0 N–H and O–H groups in total. The summed E-state index contributed by atoms with van der Waals surface area (Å²) >= 11 is 11.9. The zero-order valence-electron chi connectivity index (χ0n) is 15.6. The van der Waals surface area contributed by atoms with E-state index in [0.717, 1.165) is 23.4 Å². The van der Waals surface area contributed by atoms with Gasteiger partial charge in [-0.15, -0.1) is 0 Å². The molecule has 0 unspecified atom stereocenters. The van der Waals surface area contributed by atoms with Crippen molar-refractivity contribution in [2.24, 2.45) is 5.92 Å². The van der Waals surface area contributed by atoms with Crippen LogP contribution >= 0.6 is 23.2 Å². The number of carbonyl (C=O) groups is 2. The van der Waals surface area contributed by atoms with Crippen molar-refractivity contribution in [1.82, 2.24) is 10.0 Å². The van der Waals surface area contributed by atoms with Gasteiger partial charge in [-0.3, -0.25) is 19.7 Å².